The van der Waals surface area contributed by atoms with Crippen LogP contribution in [0.5, 0.6) is 5.75 Å². The third-order valence-electron chi connectivity index (χ3n) is 5.21. The summed E-state index contributed by atoms with van der Waals surface area (Å²) in [6.45, 7) is 4.17. The number of ether oxygens (including phenoxy) is 2. The van der Waals surface area contributed by atoms with Crippen LogP contribution < -0.4 is 10.1 Å². The fraction of sp³-hybridized carbons (Fsp3) is 0.348. The van der Waals surface area contributed by atoms with Gasteiger partial charge in [0, 0.05) is 24.0 Å². The summed E-state index contributed by atoms with van der Waals surface area (Å²) in [6.07, 6.45) is 1.87. The summed E-state index contributed by atoms with van der Waals surface area (Å²) in [5.74, 6) is -0.682. The van der Waals surface area contributed by atoms with Gasteiger partial charge < -0.3 is 14.6 Å². The molecule has 1 aliphatic heterocycles. The zero-order valence-corrected chi connectivity index (χ0v) is 19.6. The summed E-state index contributed by atoms with van der Waals surface area (Å²) in [5, 5.41) is 16.0. The average Bonchev–Trinajstić information content (AvgIpc) is 3.48. The number of nitrogens with zero attached hydrogens (tertiary/aromatic N) is 2. The zero-order chi connectivity index (χ0) is 23.0. The summed E-state index contributed by atoms with van der Waals surface area (Å²) >= 11 is 2.81. The second-order valence-electron chi connectivity index (χ2n) is 7.53. The monoisotopic (exact) mass is 487 g/mol. The maximum Gasteiger partial charge on any atom is 0.341 e. The number of aryl methyl sites for hydroxylation is 1. The van der Waals surface area contributed by atoms with E-state index in [0.29, 0.717) is 10.9 Å². The molecule has 1 aromatic carbocycles. The van der Waals surface area contributed by atoms with Gasteiger partial charge in [-0.3, -0.25) is 15.0 Å². The number of morpholine rings is 1. The molecule has 1 aliphatic rings. The van der Waals surface area contributed by atoms with E-state index in [0.717, 1.165) is 67.4 Å². The van der Waals surface area contributed by atoms with Gasteiger partial charge in [0.2, 0.25) is 0 Å². The van der Waals surface area contributed by atoms with Crippen molar-refractivity contribution in [3.8, 4) is 17.0 Å². The highest BCUT2D eigenvalue weighted by molar-refractivity contribution is 7.14. The Morgan fingerprint density at radius 3 is 2.70 bits per heavy atom. The van der Waals surface area contributed by atoms with Gasteiger partial charge >= 0.3 is 5.97 Å². The molecule has 0 bridgehead atoms. The number of carboxylic acid groups (broad SMARTS) is 1. The normalized spacial score (nSPS) is 14.2. The number of carboxylic acids is 1. The molecule has 2 N–H and O–H groups in total. The summed E-state index contributed by atoms with van der Waals surface area (Å²) in [4.78, 5) is 31.1. The number of benzene rings is 1. The van der Waals surface area contributed by atoms with E-state index in [1.165, 1.54) is 22.7 Å². The number of hydrogen-bond donors (Lipinski definition) is 2. The average molecular weight is 488 g/mol. The molecule has 8 nitrogen and oxygen atoms in total. The van der Waals surface area contributed by atoms with Gasteiger partial charge in [-0.2, -0.15) is 0 Å². The maximum absolute atomic E-state index is 12.9. The molecule has 0 radical (unpaired) electrons. The molecule has 0 spiro atoms. The maximum atomic E-state index is 12.9. The first-order chi connectivity index (χ1) is 16.1. The highest BCUT2D eigenvalue weighted by Crippen LogP contribution is 2.28. The number of anilines is 1. The molecule has 4 rings (SSSR count). The van der Waals surface area contributed by atoms with Crippen LogP contribution in [-0.2, 0) is 16.0 Å². The van der Waals surface area contributed by atoms with E-state index in [4.69, 9.17) is 14.6 Å². The van der Waals surface area contributed by atoms with Crippen molar-refractivity contribution >= 4 is 39.7 Å². The molecule has 0 unspecified atom stereocenters. The molecule has 3 aromatic rings. The van der Waals surface area contributed by atoms with E-state index in [9.17, 15) is 9.59 Å². The molecule has 1 saturated heterocycles. The molecule has 0 atom stereocenters. The van der Waals surface area contributed by atoms with Gasteiger partial charge in [-0.05, 0) is 60.7 Å². The van der Waals surface area contributed by atoms with E-state index in [1.807, 2.05) is 29.0 Å². The van der Waals surface area contributed by atoms with E-state index in [1.54, 1.807) is 12.1 Å². The predicted octanol–water partition coefficient (Wildman–Crippen LogP) is 3.85. The van der Waals surface area contributed by atoms with Crippen molar-refractivity contribution in [1.82, 2.24) is 9.88 Å². The fourth-order valence-electron chi connectivity index (χ4n) is 3.53. The Kier molecular flexibility index (Phi) is 8.05. The van der Waals surface area contributed by atoms with E-state index in [2.05, 4.69) is 15.2 Å². The molecular weight excluding hydrogens is 462 g/mol. The molecule has 33 heavy (non-hydrogen) atoms. The van der Waals surface area contributed by atoms with Crippen LogP contribution in [0.2, 0.25) is 0 Å². The number of amides is 1. The standard InChI is InChI=1S/C23H25N3O5S2/c27-20(28)14-31-18-5-3-16(4-6-18)19-15-33-23(24-19)25-22(29)21-17(7-13-32-21)2-1-8-26-9-11-30-12-10-26/h3-7,13,15H,1-2,8-12,14H2,(H,27,28)(H,24,25,29). The smallest absolute Gasteiger partial charge is 0.341 e. The van der Waals surface area contributed by atoms with Crippen molar-refractivity contribution in [2.75, 3.05) is 44.8 Å². The quantitative estimate of drug-likeness (QED) is 0.448. The lowest BCUT2D eigenvalue weighted by atomic mass is 10.1. The van der Waals surface area contributed by atoms with Crippen molar-refractivity contribution in [1.29, 1.82) is 0 Å². The van der Waals surface area contributed by atoms with Gasteiger partial charge in [0.15, 0.2) is 11.7 Å². The Hall–Kier alpha value is -2.79. The number of thiophene rings is 1. The summed E-state index contributed by atoms with van der Waals surface area (Å²) in [7, 11) is 0. The second kappa shape index (κ2) is 11.4. The van der Waals surface area contributed by atoms with Crippen molar-refractivity contribution in [3.05, 3.63) is 51.5 Å². The van der Waals surface area contributed by atoms with Gasteiger partial charge in [-0.1, -0.05) is 0 Å². The third kappa shape index (κ3) is 6.61. The van der Waals surface area contributed by atoms with Crippen molar-refractivity contribution in [2.45, 2.75) is 12.8 Å². The van der Waals surface area contributed by atoms with Crippen molar-refractivity contribution in [2.24, 2.45) is 0 Å². The molecule has 10 heteroatoms. The Balaban J connectivity index is 1.31. The lowest BCUT2D eigenvalue weighted by Crippen LogP contribution is -2.36. The largest absolute Gasteiger partial charge is 0.482 e. The number of carbonyl (C=O) groups excluding carboxylic acids is 1. The topological polar surface area (TPSA) is 101 Å². The van der Waals surface area contributed by atoms with Gasteiger partial charge in [0.25, 0.3) is 5.91 Å². The number of aliphatic carboxylic acids is 1. The van der Waals surface area contributed by atoms with Gasteiger partial charge in [-0.25, -0.2) is 9.78 Å². The zero-order valence-electron chi connectivity index (χ0n) is 18.0. The number of nitrogens with one attached hydrogen (secondary N) is 1. The Labute approximate surface area is 199 Å². The Morgan fingerprint density at radius 1 is 1.15 bits per heavy atom. The number of carbonyl (C=O) groups is 2. The predicted molar refractivity (Wildman–Crippen MR) is 129 cm³/mol. The summed E-state index contributed by atoms with van der Waals surface area (Å²) in [6, 6.07) is 9.04. The minimum atomic E-state index is -1.02. The Morgan fingerprint density at radius 2 is 1.94 bits per heavy atom. The number of rotatable bonds is 10. The van der Waals surface area contributed by atoms with E-state index < -0.39 is 5.97 Å². The SMILES string of the molecule is O=C(O)COc1ccc(-c2csc(NC(=O)c3sccc3CCCN3CCOCC3)n2)cc1. The molecule has 0 saturated carbocycles. The van der Waals surface area contributed by atoms with E-state index >= 15 is 0 Å². The van der Waals surface area contributed by atoms with Crippen molar-refractivity contribution < 1.29 is 24.2 Å². The molecular formula is C23H25N3O5S2. The molecule has 2 aromatic heterocycles. The first-order valence-electron chi connectivity index (χ1n) is 10.7. The lowest BCUT2D eigenvalue weighted by Gasteiger charge is -2.26. The molecule has 1 amide bonds. The summed E-state index contributed by atoms with van der Waals surface area (Å²) in [5.41, 5.74) is 2.66. The fourth-order valence-corrected chi connectivity index (χ4v) is 5.10. The van der Waals surface area contributed by atoms with Crippen LogP contribution in [0, 0.1) is 0 Å². The van der Waals surface area contributed by atoms with Crippen LogP contribution in [0.4, 0.5) is 5.13 Å². The number of aromatic nitrogens is 1. The van der Waals surface area contributed by atoms with Gasteiger partial charge in [-0.15, -0.1) is 22.7 Å². The van der Waals surface area contributed by atoms with Crippen molar-refractivity contribution in [3.63, 3.8) is 0 Å². The van der Waals surface area contributed by atoms with Crippen LogP contribution >= 0.6 is 22.7 Å². The van der Waals surface area contributed by atoms with E-state index in [-0.39, 0.29) is 12.5 Å². The second-order valence-corrected chi connectivity index (χ2v) is 9.31. The molecule has 3 heterocycles. The highest BCUT2D eigenvalue weighted by Gasteiger charge is 2.16. The first-order valence-corrected chi connectivity index (χ1v) is 12.4. The van der Waals surface area contributed by atoms with Crippen LogP contribution in [-0.4, -0.2) is 66.3 Å². The molecule has 0 aliphatic carbocycles. The lowest BCUT2D eigenvalue weighted by molar-refractivity contribution is -0.139. The van der Waals surface area contributed by atoms with Crippen LogP contribution in [0.1, 0.15) is 21.7 Å². The number of thiazole rings is 1. The summed E-state index contributed by atoms with van der Waals surface area (Å²) < 4.78 is 10.5. The highest BCUT2D eigenvalue weighted by atomic mass is 32.1. The Bertz CT molecular complexity index is 1070. The minimum Gasteiger partial charge on any atom is -0.482 e. The molecule has 174 valence electrons. The first kappa shape index (κ1) is 23.4. The van der Waals surface area contributed by atoms with Crippen LogP contribution in [0.3, 0.4) is 0 Å². The van der Waals surface area contributed by atoms with Gasteiger partial charge in [0.05, 0.1) is 23.8 Å². The van der Waals surface area contributed by atoms with Crippen LogP contribution in [0.15, 0.2) is 41.1 Å². The van der Waals surface area contributed by atoms with Crippen LogP contribution in [0.25, 0.3) is 11.3 Å². The molecule has 1 fully saturated rings. The third-order valence-corrected chi connectivity index (χ3v) is 6.93. The van der Waals surface area contributed by atoms with Gasteiger partial charge in [0.1, 0.15) is 5.75 Å². The number of hydrogen-bond acceptors (Lipinski definition) is 8. The minimum absolute atomic E-state index is 0.135.